The van der Waals surface area contributed by atoms with Crippen LogP contribution < -0.4 is 10.6 Å². The molecule has 0 spiro atoms. The van der Waals surface area contributed by atoms with Crippen molar-refractivity contribution >= 4 is 28.2 Å². The molecule has 0 bridgehead atoms. The van der Waals surface area contributed by atoms with Crippen molar-refractivity contribution in [1.29, 1.82) is 0 Å². The molecule has 2 heterocycles. The highest BCUT2D eigenvalue weighted by atomic mass is 32.1. The van der Waals surface area contributed by atoms with E-state index in [-0.39, 0.29) is 5.91 Å². The number of thiazole rings is 1. The van der Waals surface area contributed by atoms with Crippen molar-refractivity contribution in [1.82, 2.24) is 9.88 Å². The Morgan fingerprint density at radius 3 is 2.95 bits per heavy atom. The van der Waals surface area contributed by atoms with E-state index in [0.717, 1.165) is 18.1 Å². The lowest BCUT2D eigenvalue weighted by atomic mass is 10.1. The van der Waals surface area contributed by atoms with E-state index >= 15 is 0 Å². The van der Waals surface area contributed by atoms with Crippen LogP contribution in [0.2, 0.25) is 0 Å². The number of hydrogen-bond donors (Lipinski definition) is 1. The molecular weight excluding hydrogens is 288 g/mol. The fourth-order valence-corrected chi connectivity index (χ4v) is 3.11. The Balaban J connectivity index is 2.09. The zero-order valence-corrected chi connectivity index (χ0v) is 13.6. The van der Waals surface area contributed by atoms with Crippen LogP contribution in [0.1, 0.15) is 23.0 Å². The lowest BCUT2D eigenvalue weighted by molar-refractivity contribution is 0.0770. The highest BCUT2D eigenvalue weighted by Crippen LogP contribution is 2.29. The van der Waals surface area contributed by atoms with Crippen LogP contribution in [0, 0.1) is 0 Å². The Bertz CT molecular complexity index is 541. The van der Waals surface area contributed by atoms with Gasteiger partial charge in [0.15, 0.2) is 5.13 Å². The van der Waals surface area contributed by atoms with Crippen LogP contribution in [0.15, 0.2) is 11.6 Å². The number of nitrogens with zero attached hydrogens (tertiary/aromatic N) is 3. The molecule has 116 valence electrons. The molecule has 1 aromatic rings. The minimum absolute atomic E-state index is 0.0338. The predicted molar refractivity (Wildman–Crippen MR) is 85.9 cm³/mol. The Morgan fingerprint density at radius 2 is 2.38 bits per heavy atom. The Kier molecular flexibility index (Phi) is 5.19. The smallest absolute Gasteiger partial charge is 0.268 e. The molecule has 6 nitrogen and oxygen atoms in total. The van der Waals surface area contributed by atoms with Crippen molar-refractivity contribution < 1.29 is 9.53 Å². The molecule has 0 aliphatic carbocycles. The van der Waals surface area contributed by atoms with E-state index in [1.54, 1.807) is 12.0 Å². The van der Waals surface area contributed by atoms with Crippen LogP contribution in [-0.4, -0.2) is 56.2 Å². The molecular formula is C14H22N4O2S. The van der Waals surface area contributed by atoms with Gasteiger partial charge in [0, 0.05) is 33.8 Å². The first-order valence-corrected chi connectivity index (χ1v) is 7.82. The number of aromatic nitrogens is 1. The van der Waals surface area contributed by atoms with Crippen molar-refractivity contribution in [3.8, 4) is 0 Å². The molecule has 0 aromatic carbocycles. The number of methoxy groups -OCH3 is 1. The van der Waals surface area contributed by atoms with Crippen LogP contribution in [0.4, 0.5) is 10.9 Å². The number of amides is 1. The van der Waals surface area contributed by atoms with Crippen molar-refractivity contribution in [2.24, 2.45) is 0 Å². The second-order valence-electron chi connectivity index (χ2n) is 5.02. The average Bonchev–Trinajstić information content (AvgIpc) is 2.89. The van der Waals surface area contributed by atoms with E-state index in [1.807, 2.05) is 18.9 Å². The molecule has 0 radical (unpaired) electrons. The summed E-state index contributed by atoms with van der Waals surface area (Å²) in [7, 11) is 3.62. The number of hydrogen-bond acceptors (Lipinski definition) is 6. The first kappa shape index (κ1) is 15.8. The van der Waals surface area contributed by atoms with Gasteiger partial charge < -0.3 is 20.3 Å². The summed E-state index contributed by atoms with van der Waals surface area (Å²) in [4.78, 5) is 21.1. The molecule has 0 atom stereocenters. The monoisotopic (exact) mass is 310 g/mol. The first-order valence-electron chi connectivity index (χ1n) is 7.00. The van der Waals surface area contributed by atoms with Gasteiger partial charge in [-0.25, -0.2) is 4.98 Å². The molecule has 7 heteroatoms. The van der Waals surface area contributed by atoms with Gasteiger partial charge in [-0.15, -0.1) is 0 Å². The van der Waals surface area contributed by atoms with E-state index in [4.69, 9.17) is 10.5 Å². The maximum absolute atomic E-state index is 12.5. The summed E-state index contributed by atoms with van der Waals surface area (Å²) in [6.07, 6.45) is 2.90. The van der Waals surface area contributed by atoms with Crippen LogP contribution in [-0.2, 0) is 4.74 Å². The number of anilines is 2. The van der Waals surface area contributed by atoms with Crippen LogP contribution in [0.3, 0.4) is 0 Å². The van der Waals surface area contributed by atoms with Gasteiger partial charge in [-0.05, 0) is 18.9 Å². The van der Waals surface area contributed by atoms with Crippen LogP contribution >= 0.6 is 11.3 Å². The van der Waals surface area contributed by atoms with Gasteiger partial charge in [0.2, 0.25) is 0 Å². The summed E-state index contributed by atoms with van der Waals surface area (Å²) >= 11 is 1.36. The van der Waals surface area contributed by atoms with Gasteiger partial charge >= 0.3 is 0 Å². The highest BCUT2D eigenvalue weighted by molar-refractivity contribution is 7.18. The molecule has 1 aromatic heterocycles. The summed E-state index contributed by atoms with van der Waals surface area (Å²) in [5.41, 5.74) is 7.15. The summed E-state index contributed by atoms with van der Waals surface area (Å²) < 4.78 is 5.12. The lowest BCUT2D eigenvalue weighted by Crippen LogP contribution is -2.35. The van der Waals surface area contributed by atoms with Crippen molar-refractivity contribution in [2.45, 2.75) is 13.3 Å². The zero-order chi connectivity index (χ0) is 15.4. The first-order chi connectivity index (χ1) is 10.1. The molecule has 0 saturated heterocycles. The molecule has 1 aliphatic rings. The Labute approximate surface area is 129 Å². The number of carbonyl (C=O) groups is 1. The second kappa shape index (κ2) is 6.91. The molecule has 1 aliphatic heterocycles. The van der Waals surface area contributed by atoms with Crippen molar-refractivity contribution in [3.05, 3.63) is 16.5 Å². The Hall–Kier alpha value is -1.60. The third-order valence-corrected chi connectivity index (χ3v) is 4.73. The highest BCUT2D eigenvalue weighted by Gasteiger charge is 2.24. The fraction of sp³-hybridized carbons (Fsp3) is 0.571. The SMILES string of the molecule is CCN(C)c1nc(N)c(C(=O)N2CC=C(COC)CC2)s1. The molecule has 2 rings (SSSR count). The second-order valence-corrected chi connectivity index (χ2v) is 6.00. The van der Waals surface area contributed by atoms with Crippen molar-refractivity contribution in [3.63, 3.8) is 0 Å². The quantitative estimate of drug-likeness (QED) is 0.836. The van der Waals surface area contributed by atoms with E-state index in [2.05, 4.69) is 11.1 Å². The summed E-state index contributed by atoms with van der Waals surface area (Å²) in [5.74, 6) is 0.292. The average molecular weight is 310 g/mol. The summed E-state index contributed by atoms with van der Waals surface area (Å²) in [5, 5.41) is 0.783. The molecule has 0 saturated carbocycles. The van der Waals surface area contributed by atoms with Crippen molar-refractivity contribution in [2.75, 3.05) is 51.0 Å². The minimum Gasteiger partial charge on any atom is -0.382 e. The standard InChI is InChI=1S/C14H22N4O2S/c1-4-17(2)14-16-12(15)11(21-14)13(19)18-7-5-10(6-8-18)9-20-3/h5H,4,6-9,15H2,1-3H3. The van der Waals surface area contributed by atoms with Gasteiger partial charge in [-0.3, -0.25) is 4.79 Å². The number of carbonyl (C=O) groups excluding carboxylic acids is 1. The van der Waals surface area contributed by atoms with Gasteiger partial charge in [-0.1, -0.05) is 17.4 Å². The van der Waals surface area contributed by atoms with E-state index in [1.165, 1.54) is 16.9 Å². The lowest BCUT2D eigenvalue weighted by Gasteiger charge is -2.25. The maximum Gasteiger partial charge on any atom is 0.268 e. The van der Waals surface area contributed by atoms with Crippen LogP contribution in [0.25, 0.3) is 0 Å². The molecule has 21 heavy (non-hydrogen) atoms. The van der Waals surface area contributed by atoms with Crippen LogP contribution in [0.5, 0.6) is 0 Å². The molecule has 0 fully saturated rings. The largest absolute Gasteiger partial charge is 0.382 e. The van der Waals surface area contributed by atoms with E-state index < -0.39 is 0 Å². The van der Waals surface area contributed by atoms with E-state index in [9.17, 15) is 4.79 Å². The van der Waals surface area contributed by atoms with Gasteiger partial charge in [0.1, 0.15) is 10.7 Å². The third kappa shape index (κ3) is 3.54. The van der Waals surface area contributed by atoms with E-state index in [0.29, 0.717) is 30.4 Å². The summed E-state index contributed by atoms with van der Waals surface area (Å²) in [6, 6.07) is 0. The third-order valence-electron chi connectivity index (χ3n) is 3.56. The Morgan fingerprint density at radius 1 is 1.62 bits per heavy atom. The predicted octanol–water partition coefficient (Wildman–Crippen LogP) is 1.60. The normalized spacial score (nSPS) is 15.0. The van der Waals surface area contributed by atoms with Gasteiger partial charge in [0.05, 0.1) is 6.61 Å². The number of nitrogen functional groups attached to an aromatic ring is 1. The molecule has 0 unspecified atom stereocenters. The molecule has 1 amide bonds. The number of ether oxygens (including phenoxy) is 1. The summed E-state index contributed by atoms with van der Waals surface area (Å²) in [6.45, 7) is 4.80. The number of rotatable bonds is 5. The zero-order valence-electron chi connectivity index (χ0n) is 12.8. The van der Waals surface area contributed by atoms with Gasteiger partial charge in [-0.2, -0.15) is 0 Å². The maximum atomic E-state index is 12.5. The topological polar surface area (TPSA) is 71.7 Å². The fourth-order valence-electron chi connectivity index (χ4n) is 2.13. The number of nitrogens with two attached hydrogens (primary N) is 1. The molecule has 2 N–H and O–H groups in total. The minimum atomic E-state index is -0.0338. The van der Waals surface area contributed by atoms with Gasteiger partial charge in [0.25, 0.3) is 5.91 Å².